The van der Waals surface area contributed by atoms with Crippen LogP contribution in [0.4, 0.5) is 9.57 Å². The monoisotopic (exact) mass is 349 g/mol. The van der Waals surface area contributed by atoms with E-state index in [-0.39, 0.29) is 25.0 Å². The molecule has 1 atom stereocenters. The van der Waals surface area contributed by atoms with Gasteiger partial charge in [0.15, 0.2) is 0 Å². The van der Waals surface area contributed by atoms with Crippen LogP contribution in [0.25, 0.3) is 0 Å². The van der Waals surface area contributed by atoms with Gasteiger partial charge in [0.1, 0.15) is 5.75 Å². The summed E-state index contributed by atoms with van der Waals surface area (Å²) < 4.78 is 39.7. The molecule has 5 nitrogen and oxygen atoms in total. The van der Waals surface area contributed by atoms with Crippen LogP contribution in [0.3, 0.4) is 0 Å². The molecule has 1 aliphatic rings. The molecule has 1 saturated heterocycles. The van der Waals surface area contributed by atoms with E-state index in [4.69, 9.17) is 16.3 Å². The lowest BCUT2D eigenvalue weighted by molar-refractivity contribution is -0.117. The SMILES string of the molecule is CC(C)Oc1ccc(N2CC(CS(=O)(=O)F)CC2=O)cc1Cl. The number of hydrogen-bond donors (Lipinski definition) is 0. The molecule has 0 N–H and O–H groups in total. The van der Waals surface area contributed by atoms with Crippen molar-refractivity contribution in [3.05, 3.63) is 23.2 Å². The Morgan fingerprint density at radius 2 is 2.14 bits per heavy atom. The number of benzene rings is 1. The van der Waals surface area contributed by atoms with E-state index in [9.17, 15) is 17.1 Å². The zero-order chi connectivity index (χ0) is 16.5. The maximum absolute atomic E-state index is 12.7. The van der Waals surface area contributed by atoms with Gasteiger partial charge in [0.25, 0.3) is 0 Å². The van der Waals surface area contributed by atoms with Crippen molar-refractivity contribution in [3.8, 4) is 5.75 Å². The molecule has 1 unspecified atom stereocenters. The maximum Gasteiger partial charge on any atom is 0.302 e. The maximum atomic E-state index is 12.7. The Morgan fingerprint density at radius 1 is 1.45 bits per heavy atom. The van der Waals surface area contributed by atoms with Crippen molar-refractivity contribution in [1.29, 1.82) is 0 Å². The molecule has 0 aliphatic carbocycles. The summed E-state index contributed by atoms with van der Waals surface area (Å²) >= 11 is 6.12. The second-order valence-electron chi connectivity index (χ2n) is 5.56. The summed E-state index contributed by atoms with van der Waals surface area (Å²) in [5, 5.41) is 0.362. The Balaban J connectivity index is 2.15. The van der Waals surface area contributed by atoms with Gasteiger partial charge in [0.2, 0.25) is 5.91 Å². The number of hydrogen-bond acceptors (Lipinski definition) is 4. The van der Waals surface area contributed by atoms with Crippen molar-refractivity contribution < 1.29 is 21.8 Å². The number of halogens is 2. The number of carbonyl (C=O) groups excluding carboxylic acids is 1. The molecule has 1 fully saturated rings. The fraction of sp³-hybridized carbons (Fsp3) is 0.500. The van der Waals surface area contributed by atoms with Gasteiger partial charge < -0.3 is 9.64 Å². The Morgan fingerprint density at radius 3 is 2.68 bits per heavy atom. The summed E-state index contributed by atoms with van der Waals surface area (Å²) in [4.78, 5) is 13.4. The van der Waals surface area contributed by atoms with Gasteiger partial charge in [-0.1, -0.05) is 11.6 Å². The number of amides is 1. The van der Waals surface area contributed by atoms with Gasteiger partial charge >= 0.3 is 10.2 Å². The molecule has 1 aliphatic heterocycles. The highest BCUT2D eigenvalue weighted by atomic mass is 35.5. The van der Waals surface area contributed by atoms with E-state index in [0.717, 1.165) is 0 Å². The molecule has 1 amide bonds. The Bertz CT molecular complexity index is 677. The van der Waals surface area contributed by atoms with Crippen molar-refractivity contribution in [2.75, 3.05) is 17.2 Å². The number of rotatable bonds is 5. The zero-order valence-corrected chi connectivity index (χ0v) is 13.8. The number of nitrogens with zero attached hydrogens (tertiary/aromatic N) is 1. The Hall–Kier alpha value is -1.34. The highest BCUT2D eigenvalue weighted by Crippen LogP contribution is 2.33. The van der Waals surface area contributed by atoms with Crippen LogP contribution in [-0.2, 0) is 15.0 Å². The lowest BCUT2D eigenvalue weighted by Crippen LogP contribution is -2.25. The van der Waals surface area contributed by atoms with Crippen LogP contribution >= 0.6 is 11.6 Å². The topological polar surface area (TPSA) is 63.7 Å². The van der Waals surface area contributed by atoms with Crippen molar-refractivity contribution in [1.82, 2.24) is 0 Å². The number of ether oxygens (including phenoxy) is 1. The summed E-state index contributed by atoms with van der Waals surface area (Å²) in [6, 6.07) is 4.92. The van der Waals surface area contributed by atoms with E-state index < -0.39 is 21.9 Å². The summed E-state index contributed by atoms with van der Waals surface area (Å²) in [6.45, 7) is 3.90. The van der Waals surface area contributed by atoms with Crippen molar-refractivity contribution in [3.63, 3.8) is 0 Å². The molecule has 0 bridgehead atoms. The van der Waals surface area contributed by atoms with Crippen LogP contribution < -0.4 is 9.64 Å². The van der Waals surface area contributed by atoms with Crippen LogP contribution in [0.5, 0.6) is 5.75 Å². The van der Waals surface area contributed by atoms with Gasteiger partial charge in [-0.25, -0.2) is 0 Å². The zero-order valence-electron chi connectivity index (χ0n) is 12.3. The fourth-order valence-corrected chi connectivity index (χ4v) is 3.44. The Labute approximate surface area is 134 Å². The molecule has 8 heteroatoms. The van der Waals surface area contributed by atoms with Crippen LogP contribution in [0.15, 0.2) is 18.2 Å². The fourth-order valence-electron chi connectivity index (χ4n) is 2.43. The number of carbonyl (C=O) groups is 1. The molecular weight excluding hydrogens is 333 g/mol. The standard InChI is InChI=1S/C14H17ClFNO4S/c1-9(2)21-13-4-3-11(6-12(13)15)17-7-10(5-14(17)18)8-22(16,19)20/h3-4,6,9-10H,5,7-8H2,1-2H3. The molecule has 1 aromatic rings. The summed E-state index contributed by atoms with van der Waals surface area (Å²) in [6.07, 6.45) is -0.0266. The van der Waals surface area contributed by atoms with E-state index >= 15 is 0 Å². The quantitative estimate of drug-likeness (QED) is 0.767. The van der Waals surface area contributed by atoms with E-state index in [1.807, 2.05) is 13.8 Å². The first-order valence-corrected chi connectivity index (χ1v) is 8.77. The third-order valence-electron chi connectivity index (χ3n) is 3.23. The molecule has 1 heterocycles. The lowest BCUT2D eigenvalue weighted by Gasteiger charge is -2.18. The third kappa shape index (κ3) is 4.33. The second-order valence-corrected chi connectivity index (χ2v) is 7.38. The average molecular weight is 350 g/mol. The molecule has 122 valence electrons. The Kier molecular flexibility index (Phi) is 4.97. The number of anilines is 1. The highest BCUT2D eigenvalue weighted by molar-refractivity contribution is 7.86. The minimum atomic E-state index is -4.59. The highest BCUT2D eigenvalue weighted by Gasteiger charge is 2.33. The minimum absolute atomic E-state index is 0.00497. The first-order valence-electron chi connectivity index (χ1n) is 6.84. The van der Waals surface area contributed by atoms with Gasteiger partial charge in [-0.05, 0) is 32.0 Å². The molecule has 2 rings (SSSR count). The second kappa shape index (κ2) is 6.42. The van der Waals surface area contributed by atoms with Gasteiger partial charge in [0.05, 0.1) is 16.9 Å². The minimum Gasteiger partial charge on any atom is -0.489 e. The van der Waals surface area contributed by atoms with Crippen LogP contribution in [0.1, 0.15) is 20.3 Å². The first kappa shape index (κ1) is 17.0. The molecule has 22 heavy (non-hydrogen) atoms. The van der Waals surface area contributed by atoms with E-state index in [1.54, 1.807) is 18.2 Å². The largest absolute Gasteiger partial charge is 0.489 e. The van der Waals surface area contributed by atoms with Crippen LogP contribution in [0.2, 0.25) is 5.02 Å². The van der Waals surface area contributed by atoms with Crippen LogP contribution in [-0.4, -0.2) is 32.7 Å². The normalized spacial score (nSPS) is 19.0. The van der Waals surface area contributed by atoms with Crippen molar-refractivity contribution >= 4 is 33.4 Å². The summed E-state index contributed by atoms with van der Waals surface area (Å²) in [7, 11) is -4.59. The van der Waals surface area contributed by atoms with Gasteiger partial charge in [0, 0.05) is 24.6 Å². The molecule has 0 spiro atoms. The summed E-state index contributed by atoms with van der Waals surface area (Å²) in [5.41, 5.74) is 0.546. The van der Waals surface area contributed by atoms with E-state index in [1.165, 1.54) is 4.90 Å². The van der Waals surface area contributed by atoms with Gasteiger partial charge in [-0.2, -0.15) is 8.42 Å². The van der Waals surface area contributed by atoms with E-state index in [0.29, 0.717) is 16.5 Å². The smallest absolute Gasteiger partial charge is 0.302 e. The van der Waals surface area contributed by atoms with Crippen LogP contribution in [0, 0.1) is 5.92 Å². The lowest BCUT2D eigenvalue weighted by atomic mass is 10.1. The first-order chi connectivity index (χ1) is 10.2. The molecule has 1 aromatic carbocycles. The molecule has 0 saturated carbocycles. The van der Waals surface area contributed by atoms with Crippen molar-refractivity contribution in [2.24, 2.45) is 5.92 Å². The molecule has 0 aromatic heterocycles. The van der Waals surface area contributed by atoms with Crippen molar-refractivity contribution in [2.45, 2.75) is 26.4 Å². The molecular formula is C14H17ClFNO4S. The predicted octanol–water partition coefficient (Wildman–Crippen LogP) is 2.78. The predicted molar refractivity (Wildman–Crippen MR) is 82.6 cm³/mol. The third-order valence-corrected chi connectivity index (χ3v) is 4.39. The van der Waals surface area contributed by atoms with Gasteiger partial charge in [-0.15, -0.1) is 3.89 Å². The average Bonchev–Trinajstić information content (AvgIpc) is 2.70. The molecule has 0 radical (unpaired) electrons. The van der Waals surface area contributed by atoms with E-state index in [2.05, 4.69) is 0 Å². The van der Waals surface area contributed by atoms with Gasteiger partial charge in [-0.3, -0.25) is 4.79 Å². The summed E-state index contributed by atoms with van der Waals surface area (Å²) in [5.74, 6) is -0.928.